The van der Waals surface area contributed by atoms with Gasteiger partial charge in [0.05, 0.1) is 12.7 Å². The predicted molar refractivity (Wildman–Crippen MR) is 66.1 cm³/mol. The Morgan fingerprint density at radius 1 is 1.47 bits per heavy atom. The zero-order valence-electron chi connectivity index (χ0n) is 9.84. The summed E-state index contributed by atoms with van der Waals surface area (Å²) < 4.78 is 1.42. The van der Waals surface area contributed by atoms with E-state index in [0.29, 0.717) is 6.54 Å². The minimum absolute atomic E-state index is 0.101. The van der Waals surface area contributed by atoms with Gasteiger partial charge in [0, 0.05) is 24.9 Å². The number of anilines is 1. The first kappa shape index (κ1) is 11.3. The second-order valence-corrected chi connectivity index (χ2v) is 3.79. The Bertz CT molecular complexity index is 577. The van der Waals surface area contributed by atoms with Crippen molar-refractivity contribution in [2.24, 2.45) is 0 Å². The minimum Gasteiger partial charge on any atom is -0.373 e. The fourth-order valence-corrected chi connectivity index (χ4v) is 1.60. The van der Waals surface area contributed by atoms with Crippen LogP contribution in [0.4, 0.5) is 5.82 Å². The van der Waals surface area contributed by atoms with Crippen LogP contribution in [0.3, 0.4) is 0 Å². The molecule has 0 aromatic carbocycles. The summed E-state index contributed by atoms with van der Waals surface area (Å²) in [6.45, 7) is 2.27. The molecule has 0 radical (unpaired) electrons. The topological polar surface area (TPSA) is 59.8 Å². The largest absolute Gasteiger partial charge is 0.373 e. The lowest BCUT2D eigenvalue weighted by atomic mass is 10.2. The van der Waals surface area contributed by atoms with Crippen molar-refractivity contribution in [2.45, 2.75) is 13.5 Å². The molecule has 2 heterocycles. The van der Waals surface area contributed by atoms with Crippen LogP contribution in [0.5, 0.6) is 0 Å². The van der Waals surface area contributed by atoms with Gasteiger partial charge < -0.3 is 5.32 Å². The van der Waals surface area contributed by atoms with E-state index in [1.807, 2.05) is 19.1 Å². The van der Waals surface area contributed by atoms with Crippen LogP contribution in [-0.2, 0) is 6.54 Å². The summed E-state index contributed by atoms with van der Waals surface area (Å²) in [6, 6.07) is 5.34. The Morgan fingerprint density at radius 2 is 2.29 bits per heavy atom. The highest BCUT2D eigenvalue weighted by Crippen LogP contribution is 2.10. The molecule has 5 heteroatoms. The lowest BCUT2D eigenvalue weighted by Gasteiger charge is -2.08. The van der Waals surface area contributed by atoms with Crippen molar-refractivity contribution in [1.82, 2.24) is 14.8 Å². The summed E-state index contributed by atoms with van der Waals surface area (Å²) in [5, 5.41) is 7.09. The van der Waals surface area contributed by atoms with Crippen LogP contribution in [0.2, 0.25) is 0 Å². The predicted octanol–water partition coefficient (Wildman–Crippen LogP) is 1.04. The van der Waals surface area contributed by atoms with Gasteiger partial charge in [-0.1, -0.05) is 6.07 Å². The SMILES string of the molecule is CNc1ncccc1Cn1ncc(C)cc1=O. The Labute approximate surface area is 99.1 Å². The fourth-order valence-electron chi connectivity index (χ4n) is 1.60. The van der Waals surface area contributed by atoms with E-state index < -0.39 is 0 Å². The van der Waals surface area contributed by atoms with Gasteiger partial charge in [-0.05, 0) is 18.6 Å². The van der Waals surface area contributed by atoms with Crippen molar-refractivity contribution in [2.75, 3.05) is 12.4 Å². The molecule has 0 amide bonds. The van der Waals surface area contributed by atoms with E-state index in [4.69, 9.17) is 0 Å². The highest BCUT2D eigenvalue weighted by Gasteiger charge is 2.04. The van der Waals surface area contributed by atoms with Crippen molar-refractivity contribution in [1.29, 1.82) is 0 Å². The third-order valence-electron chi connectivity index (χ3n) is 2.45. The monoisotopic (exact) mass is 230 g/mol. The summed E-state index contributed by atoms with van der Waals surface area (Å²) in [5.41, 5.74) is 1.70. The number of nitrogens with one attached hydrogen (secondary N) is 1. The summed E-state index contributed by atoms with van der Waals surface area (Å²) in [4.78, 5) is 15.9. The minimum atomic E-state index is -0.101. The zero-order chi connectivity index (χ0) is 12.3. The highest BCUT2D eigenvalue weighted by molar-refractivity contribution is 5.42. The lowest BCUT2D eigenvalue weighted by molar-refractivity contribution is 0.635. The summed E-state index contributed by atoms with van der Waals surface area (Å²) in [7, 11) is 1.80. The van der Waals surface area contributed by atoms with E-state index >= 15 is 0 Å². The van der Waals surface area contributed by atoms with E-state index in [0.717, 1.165) is 16.9 Å². The molecule has 17 heavy (non-hydrogen) atoms. The van der Waals surface area contributed by atoms with Crippen molar-refractivity contribution in [3.8, 4) is 0 Å². The van der Waals surface area contributed by atoms with Gasteiger partial charge in [-0.15, -0.1) is 0 Å². The van der Waals surface area contributed by atoms with Gasteiger partial charge in [0.2, 0.25) is 0 Å². The molecular weight excluding hydrogens is 216 g/mol. The average Bonchev–Trinajstić information content (AvgIpc) is 2.33. The number of aromatic nitrogens is 3. The second-order valence-electron chi connectivity index (χ2n) is 3.79. The second kappa shape index (κ2) is 4.78. The zero-order valence-corrected chi connectivity index (χ0v) is 9.84. The van der Waals surface area contributed by atoms with Crippen LogP contribution in [0.15, 0.2) is 35.4 Å². The molecule has 5 nitrogen and oxygen atoms in total. The molecule has 0 unspecified atom stereocenters. The molecule has 0 saturated heterocycles. The van der Waals surface area contributed by atoms with E-state index in [2.05, 4.69) is 15.4 Å². The third-order valence-corrected chi connectivity index (χ3v) is 2.45. The normalized spacial score (nSPS) is 10.2. The molecule has 0 aliphatic carbocycles. The molecule has 2 aromatic rings. The molecule has 1 N–H and O–H groups in total. The fraction of sp³-hybridized carbons (Fsp3) is 0.250. The van der Waals surface area contributed by atoms with Crippen LogP contribution in [0, 0.1) is 6.92 Å². The number of hydrogen-bond acceptors (Lipinski definition) is 4. The van der Waals surface area contributed by atoms with Crippen LogP contribution in [0.25, 0.3) is 0 Å². The molecule has 0 bridgehead atoms. The molecule has 0 fully saturated rings. The van der Waals surface area contributed by atoms with Gasteiger partial charge in [-0.2, -0.15) is 5.10 Å². The van der Waals surface area contributed by atoms with Crippen LogP contribution in [0.1, 0.15) is 11.1 Å². The van der Waals surface area contributed by atoms with Gasteiger partial charge in [-0.25, -0.2) is 9.67 Å². The maximum Gasteiger partial charge on any atom is 0.267 e. The van der Waals surface area contributed by atoms with E-state index in [-0.39, 0.29) is 5.56 Å². The van der Waals surface area contributed by atoms with Crippen molar-refractivity contribution >= 4 is 5.82 Å². The molecule has 0 atom stereocenters. The summed E-state index contributed by atoms with van der Waals surface area (Å²) >= 11 is 0. The summed E-state index contributed by atoms with van der Waals surface area (Å²) in [5.74, 6) is 0.766. The van der Waals surface area contributed by atoms with Crippen LogP contribution in [-0.4, -0.2) is 21.8 Å². The first-order valence-electron chi connectivity index (χ1n) is 5.36. The van der Waals surface area contributed by atoms with Gasteiger partial charge in [0.1, 0.15) is 5.82 Å². The van der Waals surface area contributed by atoms with E-state index in [9.17, 15) is 4.79 Å². The smallest absolute Gasteiger partial charge is 0.267 e. The Hall–Kier alpha value is -2.17. The van der Waals surface area contributed by atoms with Crippen molar-refractivity contribution in [3.63, 3.8) is 0 Å². The van der Waals surface area contributed by atoms with E-state index in [1.54, 1.807) is 25.5 Å². The number of rotatable bonds is 3. The van der Waals surface area contributed by atoms with Crippen molar-refractivity contribution in [3.05, 3.63) is 52.1 Å². The van der Waals surface area contributed by atoms with E-state index in [1.165, 1.54) is 4.68 Å². The number of hydrogen-bond donors (Lipinski definition) is 1. The summed E-state index contributed by atoms with van der Waals surface area (Å²) in [6.07, 6.45) is 3.39. The molecular formula is C12H14N4O. The maximum absolute atomic E-state index is 11.7. The molecule has 0 aliphatic heterocycles. The average molecular weight is 230 g/mol. The number of pyridine rings is 1. The highest BCUT2D eigenvalue weighted by atomic mass is 16.1. The molecule has 2 aromatic heterocycles. The van der Waals surface area contributed by atoms with Crippen LogP contribution >= 0.6 is 0 Å². The number of aryl methyl sites for hydroxylation is 1. The standard InChI is InChI=1S/C12H14N4O/c1-9-6-11(17)16(15-7-9)8-10-4-3-5-14-12(10)13-2/h3-7H,8H2,1-2H3,(H,13,14). The molecule has 88 valence electrons. The lowest BCUT2D eigenvalue weighted by Crippen LogP contribution is -2.23. The van der Waals surface area contributed by atoms with Gasteiger partial charge >= 0.3 is 0 Å². The van der Waals surface area contributed by atoms with Crippen molar-refractivity contribution < 1.29 is 0 Å². The quantitative estimate of drug-likeness (QED) is 0.855. The number of nitrogens with zero attached hydrogens (tertiary/aromatic N) is 3. The van der Waals surface area contributed by atoms with Gasteiger partial charge in [-0.3, -0.25) is 4.79 Å². The molecule has 0 saturated carbocycles. The van der Waals surface area contributed by atoms with Gasteiger partial charge in [0.25, 0.3) is 5.56 Å². The molecule has 2 rings (SSSR count). The van der Waals surface area contributed by atoms with Gasteiger partial charge in [0.15, 0.2) is 0 Å². The third kappa shape index (κ3) is 2.50. The first-order valence-corrected chi connectivity index (χ1v) is 5.36. The molecule has 0 spiro atoms. The Balaban J connectivity index is 2.35. The Kier molecular flexibility index (Phi) is 3.18. The first-order chi connectivity index (χ1) is 8.20. The maximum atomic E-state index is 11.7. The van der Waals surface area contributed by atoms with Crippen LogP contribution < -0.4 is 10.9 Å². The Morgan fingerprint density at radius 3 is 3.00 bits per heavy atom. The molecule has 0 aliphatic rings.